The number of tetrazole rings is 1. The van der Waals surface area contributed by atoms with Crippen molar-refractivity contribution in [3.8, 4) is 17.1 Å². The summed E-state index contributed by atoms with van der Waals surface area (Å²) in [7, 11) is 0. The van der Waals surface area contributed by atoms with Crippen molar-refractivity contribution in [3.05, 3.63) is 51.5 Å². The van der Waals surface area contributed by atoms with Gasteiger partial charge in [-0.3, -0.25) is 0 Å². The lowest BCUT2D eigenvalue weighted by atomic mass is 10.2. The van der Waals surface area contributed by atoms with Crippen molar-refractivity contribution >= 4 is 33.2 Å². The largest absolute Gasteiger partial charge is 0.398 e. The van der Waals surface area contributed by atoms with Crippen molar-refractivity contribution in [2.45, 2.75) is 6.92 Å². The normalized spacial score (nSPS) is 10.8. The zero-order valence-electron chi connectivity index (χ0n) is 11.1. The highest BCUT2D eigenvalue weighted by Gasteiger charge is 2.12. The van der Waals surface area contributed by atoms with E-state index in [0.29, 0.717) is 16.5 Å². The lowest BCUT2D eigenvalue weighted by Gasteiger charge is -2.07. The highest BCUT2D eigenvalue weighted by atomic mass is 79.9. The van der Waals surface area contributed by atoms with Crippen molar-refractivity contribution in [3.63, 3.8) is 0 Å². The van der Waals surface area contributed by atoms with Crippen LogP contribution in [0.3, 0.4) is 0 Å². The maximum absolute atomic E-state index is 5.95. The van der Waals surface area contributed by atoms with Crippen LogP contribution in [-0.4, -0.2) is 20.2 Å². The summed E-state index contributed by atoms with van der Waals surface area (Å²) in [5, 5.41) is 12.4. The molecule has 0 aliphatic carbocycles. The number of anilines is 1. The fourth-order valence-corrected chi connectivity index (χ4v) is 2.42. The lowest BCUT2D eigenvalue weighted by molar-refractivity contribution is 0.790. The van der Waals surface area contributed by atoms with E-state index in [1.54, 1.807) is 16.8 Å². The summed E-state index contributed by atoms with van der Waals surface area (Å²) < 4.78 is 2.66. The Balaban J connectivity index is 2.12. The number of nitrogens with zero attached hydrogens (tertiary/aromatic N) is 4. The Morgan fingerprint density at radius 3 is 2.71 bits per heavy atom. The van der Waals surface area contributed by atoms with E-state index in [9.17, 15) is 0 Å². The number of hydrogen-bond acceptors (Lipinski definition) is 4. The van der Waals surface area contributed by atoms with Crippen LogP contribution in [0.1, 0.15) is 5.56 Å². The van der Waals surface area contributed by atoms with Crippen molar-refractivity contribution in [1.82, 2.24) is 20.2 Å². The summed E-state index contributed by atoms with van der Waals surface area (Å²) in [6.45, 7) is 2.02. The van der Waals surface area contributed by atoms with Gasteiger partial charge in [0.1, 0.15) is 0 Å². The number of aromatic nitrogens is 4. The number of rotatable bonds is 2. The highest BCUT2D eigenvalue weighted by Crippen LogP contribution is 2.27. The van der Waals surface area contributed by atoms with Gasteiger partial charge in [0, 0.05) is 10.0 Å². The molecule has 7 heteroatoms. The summed E-state index contributed by atoms with van der Waals surface area (Å²) in [5.41, 5.74) is 9.15. The zero-order valence-corrected chi connectivity index (χ0v) is 13.4. The van der Waals surface area contributed by atoms with Gasteiger partial charge in [-0.05, 0) is 53.2 Å². The van der Waals surface area contributed by atoms with E-state index in [-0.39, 0.29) is 0 Å². The molecule has 0 aliphatic rings. The molecule has 3 aromatic rings. The van der Waals surface area contributed by atoms with E-state index in [1.165, 1.54) is 0 Å². The quantitative estimate of drug-likeness (QED) is 0.705. The Morgan fingerprint density at radius 2 is 2.00 bits per heavy atom. The van der Waals surface area contributed by atoms with Crippen LogP contribution in [0, 0.1) is 6.92 Å². The van der Waals surface area contributed by atoms with Crippen LogP contribution >= 0.6 is 27.5 Å². The number of hydrogen-bond donors (Lipinski definition) is 1. The Bertz CT molecular complexity index is 749. The summed E-state index contributed by atoms with van der Waals surface area (Å²) in [5.74, 6) is 0.606. The smallest absolute Gasteiger partial charge is 0.187 e. The number of nitrogens with two attached hydrogens (primary N) is 1. The molecule has 21 heavy (non-hydrogen) atoms. The third kappa shape index (κ3) is 2.64. The Hall–Kier alpha value is -1.92. The summed E-state index contributed by atoms with van der Waals surface area (Å²) in [6, 6.07) is 11.3. The summed E-state index contributed by atoms with van der Waals surface area (Å²) in [6.07, 6.45) is 0. The fraction of sp³-hybridized carbons (Fsp3) is 0.0714. The average Bonchev–Trinajstić information content (AvgIpc) is 2.94. The van der Waals surface area contributed by atoms with Gasteiger partial charge in [0.05, 0.1) is 16.4 Å². The first kappa shape index (κ1) is 14.0. The van der Waals surface area contributed by atoms with Crippen LogP contribution in [0.15, 0.2) is 40.9 Å². The first-order valence-corrected chi connectivity index (χ1v) is 7.33. The minimum absolute atomic E-state index is 0.494. The van der Waals surface area contributed by atoms with E-state index < -0.39 is 0 Å². The first-order chi connectivity index (χ1) is 10.1. The molecule has 0 saturated heterocycles. The van der Waals surface area contributed by atoms with E-state index in [1.807, 2.05) is 31.2 Å². The molecule has 2 N–H and O–H groups in total. The molecule has 0 amide bonds. The van der Waals surface area contributed by atoms with Crippen LogP contribution in [-0.2, 0) is 0 Å². The van der Waals surface area contributed by atoms with Gasteiger partial charge in [0.15, 0.2) is 5.82 Å². The minimum atomic E-state index is 0.494. The standard InChI is InChI=1S/C14H11BrClN5/c1-8-2-4-10(7-11(8)15)21-14(18-19-20-21)9-3-5-12(16)13(17)6-9/h2-7H,17H2,1H3. The summed E-state index contributed by atoms with van der Waals surface area (Å²) in [4.78, 5) is 0. The van der Waals surface area contributed by atoms with Crippen molar-refractivity contribution < 1.29 is 0 Å². The topological polar surface area (TPSA) is 69.6 Å². The second kappa shape index (κ2) is 5.46. The van der Waals surface area contributed by atoms with Gasteiger partial charge in [0.25, 0.3) is 0 Å². The predicted octanol–water partition coefficient (Wildman–Crippen LogP) is 3.64. The van der Waals surface area contributed by atoms with Gasteiger partial charge in [-0.15, -0.1) is 5.10 Å². The van der Waals surface area contributed by atoms with Gasteiger partial charge in [-0.1, -0.05) is 33.6 Å². The number of nitrogen functional groups attached to an aromatic ring is 1. The molecule has 0 fully saturated rings. The zero-order chi connectivity index (χ0) is 15.0. The monoisotopic (exact) mass is 363 g/mol. The number of aryl methyl sites for hydroxylation is 1. The number of halogens is 2. The molecular weight excluding hydrogens is 354 g/mol. The molecule has 5 nitrogen and oxygen atoms in total. The van der Waals surface area contributed by atoms with Crippen LogP contribution in [0.25, 0.3) is 17.1 Å². The molecule has 0 saturated carbocycles. The lowest BCUT2D eigenvalue weighted by Crippen LogP contribution is -2.00. The van der Waals surface area contributed by atoms with E-state index in [0.717, 1.165) is 21.3 Å². The third-order valence-electron chi connectivity index (χ3n) is 3.12. The van der Waals surface area contributed by atoms with Crippen LogP contribution in [0.4, 0.5) is 5.69 Å². The molecule has 106 valence electrons. The van der Waals surface area contributed by atoms with Crippen LogP contribution < -0.4 is 5.73 Å². The van der Waals surface area contributed by atoms with Gasteiger partial charge < -0.3 is 5.73 Å². The molecule has 0 bridgehead atoms. The van der Waals surface area contributed by atoms with Crippen LogP contribution in [0.2, 0.25) is 5.02 Å². The Kier molecular flexibility index (Phi) is 3.65. The molecule has 1 heterocycles. The molecule has 0 radical (unpaired) electrons. The Labute approximate surface area is 134 Å². The first-order valence-electron chi connectivity index (χ1n) is 6.16. The maximum atomic E-state index is 5.95. The minimum Gasteiger partial charge on any atom is -0.398 e. The van der Waals surface area contributed by atoms with Crippen molar-refractivity contribution in [2.75, 3.05) is 5.73 Å². The fourth-order valence-electron chi connectivity index (χ4n) is 1.94. The molecule has 0 spiro atoms. The second-order valence-corrected chi connectivity index (χ2v) is 5.85. The molecular formula is C14H11BrClN5. The average molecular weight is 365 g/mol. The van der Waals surface area contributed by atoms with E-state index in [2.05, 4.69) is 31.5 Å². The van der Waals surface area contributed by atoms with Gasteiger partial charge in [-0.25, -0.2) is 0 Å². The molecule has 3 rings (SSSR count). The van der Waals surface area contributed by atoms with E-state index in [4.69, 9.17) is 17.3 Å². The van der Waals surface area contributed by atoms with Crippen LogP contribution in [0.5, 0.6) is 0 Å². The van der Waals surface area contributed by atoms with Crippen molar-refractivity contribution in [1.29, 1.82) is 0 Å². The van der Waals surface area contributed by atoms with E-state index >= 15 is 0 Å². The highest BCUT2D eigenvalue weighted by molar-refractivity contribution is 9.10. The molecule has 1 aromatic heterocycles. The number of benzene rings is 2. The second-order valence-electron chi connectivity index (χ2n) is 4.58. The molecule has 2 aromatic carbocycles. The van der Waals surface area contributed by atoms with Gasteiger partial charge in [0.2, 0.25) is 0 Å². The molecule has 0 aliphatic heterocycles. The Morgan fingerprint density at radius 1 is 1.19 bits per heavy atom. The third-order valence-corrected chi connectivity index (χ3v) is 4.32. The van der Waals surface area contributed by atoms with Gasteiger partial charge >= 0.3 is 0 Å². The molecule has 0 atom stereocenters. The van der Waals surface area contributed by atoms with Gasteiger partial charge in [-0.2, -0.15) is 4.68 Å². The molecule has 0 unspecified atom stereocenters. The summed E-state index contributed by atoms with van der Waals surface area (Å²) >= 11 is 9.46. The predicted molar refractivity (Wildman–Crippen MR) is 86.4 cm³/mol. The SMILES string of the molecule is Cc1ccc(-n2nnnc2-c2ccc(Cl)c(N)c2)cc1Br. The maximum Gasteiger partial charge on any atom is 0.187 e. The van der Waals surface area contributed by atoms with Crippen molar-refractivity contribution in [2.24, 2.45) is 0 Å².